The number of nitrogens with zero attached hydrogens (tertiary/aromatic N) is 3. The molecule has 0 saturated carbocycles. The lowest BCUT2D eigenvalue weighted by molar-refractivity contribution is -0.135. The van der Waals surface area contributed by atoms with Gasteiger partial charge in [0.2, 0.25) is 5.28 Å². The number of carbonyl (C=O) groups excluding carboxylic acids is 1. The van der Waals surface area contributed by atoms with E-state index in [1.54, 1.807) is 20.9 Å². The fourth-order valence-corrected chi connectivity index (χ4v) is 3.32. The fraction of sp³-hybridized carbons (Fsp3) is 0.385. The van der Waals surface area contributed by atoms with Crippen molar-refractivity contribution in [2.45, 2.75) is 13.8 Å². The third-order valence-corrected chi connectivity index (χ3v) is 4.27. The number of carboxylic acids is 1. The van der Waals surface area contributed by atoms with Gasteiger partial charge in [-0.1, -0.05) is 0 Å². The van der Waals surface area contributed by atoms with Gasteiger partial charge in [0.1, 0.15) is 22.1 Å². The van der Waals surface area contributed by atoms with E-state index in [0.29, 0.717) is 26.5 Å². The van der Waals surface area contributed by atoms with Gasteiger partial charge in [-0.15, -0.1) is 11.3 Å². The lowest BCUT2D eigenvalue weighted by Crippen LogP contribution is -2.26. The van der Waals surface area contributed by atoms with Gasteiger partial charge >= 0.3 is 11.9 Å². The number of aryl methyl sites for hydroxylation is 1. The summed E-state index contributed by atoms with van der Waals surface area (Å²) < 4.78 is 5.02. The number of likely N-dealkylation sites (N-methyl/N-ethyl adjacent to an activating group) is 1. The Labute approximate surface area is 135 Å². The lowest BCUT2D eigenvalue weighted by Gasteiger charge is -2.17. The predicted molar refractivity (Wildman–Crippen MR) is 84.0 cm³/mol. The van der Waals surface area contributed by atoms with E-state index in [-0.39, 0.29) is 18.4 Å². The Hall–Kier alpha value is -1.93. The van der Waals surface area contributed by atoms with Crippen molar-refractivity contribution in [3.8, 4) is 0 Å². The molecule has 0 aliphatic carbocycles. The van der Waals surface area contributed by atoms with Gasteiger partial charge in [0, 0.05) is 7.05 Å². The average Bonchev–Trinajstić information content (AvgIpc) is 2.74. The first-order chi connectivity index (χ1) is 10.3. The molecule has 2 rings (SSSR count). The van der Waals surface area contributed by atoms with E-state index < -0.39 is 11.9 Å². The number of rotatable bonds is 5. The van der Waals surface area contributed by atoms with E-state index in [2.05, 4.69) is 9.97 Å². The molecule has 0 saturated heterocycles. The Morgan fingerprint density at radius 3 is 2.68 bits per heavy atom. The van der Waals surface area contributed by atoms with Crippen molar-refractivity contribution in [2.24, 2.45) is 0 Å². The Balaban J connectivity index is 2.62. The van der Waals surface area contributed by atoms with Crippen LogP contribution in [0.25, 0.3) is 10.2 Å². The molecule has 9 heteroatoms. The van der Waals surface area contributed by atoms with Crippen molar-refractivity contribution >= 4 is 50.9 Å². The first-order valence-corrected chi connectivity index (χ1v) is 7.61. The number of aromatic nitrogens is 2. The largest absolute Gasteiger partial charge is 0.480 e. The summed E-state index contributed by atoms with van der Waals surface area (Å²) in [5.74, 6) is -1.06. The first kappa shape index (κ1) is 16.4. The molecule has 0 fully saturated rings. The second-order valence-electron chi connectivity index (χ2n) is 4.52. The van der Waals surface area contributed by atoms with E-state index in [0.717, 1.165) is 11.3 Å². The third-order valence-electron chi connectivity index (χ3n) is 2.94. The van der Waals surface area contributed by atoms with E-state index in [1.807, 2.05) is 0 Å². The molecule has 7 nitrogen and oxygen atoms in total. The van der Waals surface area contributed by atoms with Crippen LogP contribution in [-0.4, -0.2) is 47.2 Å². The quantitative estimate of drug-likeness (QED) is 0.658. The Morgan fingerprint density at radius 1 is 1.41 bits per heavy atom. The molecule has 0 unspecified atom stereocenters. The van der Waals surface area contributed by atoms with E-state index in [1.165, 1.54) is 4.90 Å². The summed E-state index contributed by atoms with van der Waals surface area (Å²) in [6.07, 6.45) is 0. The van der Waals surface area contributed by atoms with E-state index in [9.17, 15) is 9.59 Å². The highest BCUT2D eigenvalue weighted by Gasteiger charge is 2.23. The highest BCUT2D eigenvalue weighted by Crippen LogP contribution is 2.36. The van der Waals surface area contributed by atoms with Crippen LogP contribution < -0.4 is 4.90 Å². The number of halogens is 1. The standard InChI is InChI=1S/C13H14ClN3O4S/c1-4-21-12(20)9-6(2)8-10(17(3)5-7(18)19)15-13(14)16-11(8)22-9/h4-5H2,1-3H3,(H,18,19). The number of anilines is 1. The maximum atomic E-state index is 12.0. The molecule has 0 atom stereocenters. The summed E-state index contributed by atoms with van der Waals surface area (Å²) in [6.45, 7) is 3.50. The molecule has 0 amide bonds. The minimum absolute atomic E-state index is 0.00334. The number of aliphatic carboxylic acids is 1. The molecule has 0 aliphatic rings. The van der Waals surface area contributed by atoms with Crippen LogP contribution in [0.4, 0.5) is 5.82 Å². The Morgan fingerprint density at radius 2 is 2.09 bits per heavy atom. The molecule has 0 spiro atoms. The number of hydrogen-bond donors (Lipinski definition) is 1. The van der Waals surface area contributed by atoms with Crippen LogP contribution in [0.15, 0.2) is 0 Å². The second kappa shape index (κ2) is 6.45. The van der Waals surface area contributed by atoms with Crippen LogP contribution >= 0.6 is 22.9 Å². The van der Waals surface area contributed by atoms with Crippen LogP contribution in [0.2, 0.25) is 5.28 Å². The molecule has 1 N–H and O–H groups in total. The molecule has 0 aliphatic heterocycles. The topological polar surface area (TPSA) is 92.6 Å². The van der Waals surface area contributed by atoms with Gasteiger partial charge in [-0.2, -0.15) is 4.98 Å². The summed E-state index contributed by atoms with van der Waals surface area (Å²) in [6, 6.07) is 0. The molecule has 2 aromatic heterocycles. The van der Waals surface area contributed by atoms with Gasteiger partial charge in [0.25, 0.3) is 0 Å². The molecule has 0 radical (unpaired) electrons. The minimum atomic E-state index is -0.996. The van der Waals surface area contributed by atoms with Crippen LogP contribution in [0.1, 0.15) is 22.2 Å². The van der Waals surface area contributed by atoms with Crippen molar-refractivity contribution in [2.75, 3.05) is 25.1 Å². The van der Waals surface area contributed by atoms with Gasteiger partial charge < -0.3 is 14.7 Å². The fourth-order valence-electron chi connectivity index (χ4n) is 2.04. The number of fused-ring (bicyclic) bond motifs is 1. The average molecular weight is 344 g/mol. The maximum Gasteiger partial charge on any atom is 0.348 e. The molecule has 2 aromatic rings. The van der Waals surface area contributed by atoms with Gasteiger partial charge in [0.05, 0.1) is 12.0 Å². The van der Waals surface area contributed by atoms with Crippen molar-refractivity contribution in [3.63, 3.8) is 0 Å². The van der Waals surface area contributed by atoms with Crippen LogP contribution in [-0.2, 0) is 9.53 Å². The van der Waals surface area contributed by atoms with Crippen molar-refractivity contribution < 1.29 is 19.4 Å². The molecule has 118 valence electrons. The number of carbonyl (C=O) groups is 2. The Bertz CT molecular complexity index is 746. The normalized spacial score (nSPS) is 10.7. The SMILES string of the molecule is CCOC(=O)c1sc2nc(Cl)nc(N(C)CC(=O)O)c2c1C. The number of carboxylic acid groups (broad SMARTS) is 1. The summed E-state index contributed by atoms with van der Waals surface area (Å²) in [5.41, 5.74) is 0.655. The zero-order valence-corrected chi connectivity index (χ0v) is 13.8. The highest BCUT2D eigenvalue weighted by molar-refractivity contribution is 7.20. The molecule has 0 bridgehead atoms. The highest BCUT2D eigenvalue weighted by atomic mass is 35.5. The van der Waals surface area contributed by atoms with Crippen molar-refractivity contribution in [3.05, 3.63) is 15.7 Å². The van der Waals surface area contributed by atoms with E-state index in [4.69, 9.17) is 21.4 Å². The lowest BCUT2D eigenvalue weighted by atomic mass is 10.2. The molecular formula is C13H14ClN3O4S. The summed E-state index contributed by atoms with van der Waals surface area (Å²) in [5, 5.41) is 9.54. The number of hydrogen-bond acceptors (Lipinski definition) is 7. The molecule has 0 aromatic carbocycles. The van der Waals surface area contributed by atoms with Gasteiger partial charge in [-0.3, -0.25) is 4.79 Å². The van der Waals surface area contributed by atoms with Crippen LogP contribution in [0.3, 0.4) is 0 Å². The van der Waals surface area contributed by atoms with Gasteiger partial charge in [-0.25, -0.2) is 9.78 Å². The first-order valence-electron chi connectivity index (χ1n) is 6.41. The van der Waals surface area contributed by atoms with Gasteiger partial charge in [0.15, 0.2) is 0 Å². The van der Waals surface area contributed by atoms with E-state index >= 15 is 0 Å². The van der Waals surface area contributed by atoms with Crippen LogP contribution in [0.5, 0.6) is 0 Å². The molecular weight excluding hydrogens is 330 g/mol. The number of thiophene rings is 1. The Kier molecular flexibility index (Phi) is 4.82. The summed E-state index contributed by atoms with van der Waals surface area (Å²) in [7, 11) is 1.59. The zero-order valence-electron chi connectivity index (χ0n) is 12.2. The second-order valence-corrected chi connectivity index (χ2v) is 5.86. The smallest absolute Gasteiger partial charge is 0.348 e. The monoisotopic (exact) mass is 343 g/mol. The zero-order chi connectivity index (χ0) is 16.4. The van der Waals surface area contributed by atoms with Crippen LogP contribution in [0, 0.1) is 6.92 Å². The third kappa shape index (κ3) is 3.12. The molecule has 2 heterocycles. The predicted octanol–water partition coefficient (Wildman–Crippen LogP) is 2.35. The van der Waals surface area contributed by atoms with Crippen molar-refractivity contribution in [1.82, 2.24) is 9.97 Å². The maximum absolute atomic E-state index is 12.0. The summed E-state index contributed by atoms with van der Waals surface area (Å²) >= 11 is 7.05. The van der Waals surface area contributed by atoms with Crippen molar-refractivity contribution in [1.29, 1.82) is 0 Å². The van der Waals surface area contributed by atoms with Gasteiger partial charge in [-0.05, 0) is 31.0 Å². The molecule has 22 heavy (non-hydrogen) atoms. The number of ether oxygens (including phenoxy) is 1. The number of esters is 1. The summed E-state index contributed by atoms with van der Waals surface area (Å²) in [4.78, 5) is 33.5. The minimum Gasteiger partial charge on any atom is -0.480 e.